The van der Waals surface area contributed by atoms with Crippen LogP contribution in [0.3, 0.4) is 0 Å². The minimum Gasteiger partial charge on any atom is -0.444 e. The fraction of sp³-hybridized carbons (Fsp3) is 0.818. The molecule has 0 unspecified atom stereocenters. The highest BCUT2D eigenvalue weighted by molar-refractivity contribution is 14.0. The van der Waals surface area contributed by atoms with Gasteiger partial charge in [-0.05, 0) is 65.5 Å². The van der Waals surface area contributed by atoms with E-state index >= 15 is 0 Å². The molecule has 1 aromatic heterocycles. The Labute approximate surface area is 199 Å². The molecule has 1 saturated heterocycles. The van der Waals surface area contributed by atoms with Crippen LogP contribution in [-0.2, 0) is 11.3 Å². The summed E-state index contributed by atoms with van der Waals surface area (Å²) < 4.78 is 11.3. The van der Waals surface area contributed by atoms with Gasteiger partial charge < -0.3 is 19.8 Å². The zero-order valence-corrected chi connectivity index (χ0v) is 21.7. The molecule has 30 heavy (non-hydrogen) atoms. The molecule has 7 nitrogen and oxygen atoms in total. The van der Waals surface area contributed by atoms with Gasteiger partial charge in [-0.1, -0.05) is 13.3 Å². The molecule has 0 amide bonds. The van der Waals surface area contributed by atoms with Crippen molar-refractivity contribution < 1.29 is 9.15 Å². The molecule has 0 saturated carbocycles. The number of aliphatic imine (C=N–C) groups is 1. The SMILES string of the molecule is CCCCOCCCNC(=NCC1CCN(Cc2nc(C)c(C)o2)CC1)NCC.I. The highest BCUT2D eigenvalue weighted by atomic mass is 127. The average Bonchev–Trinajstić information content (AvgIpc) is 3.03. The van der Waals surface area contributed by atoms with Crippen LogP contribution in [0, 0.1) is 19.8 Å². The van der Waals surface area contributed by atoms with E-state index in [1.54, 1.807) is 0 Å². The molecule has 8 heteroatoms. The number of unbranched alkanes of at least 4 members (excludes halogenated alkanes) is 1. The van der Waals surface area contributed by atoms with Crippen LogP contribution in [0.25, 0.3) is 0 Å². The number of hydrogen-bond acceptors (Lipinski definition) is 5. The van der Waals surface area contributed by atoms with Crippen LogP contribution < -0.4 is 10.6 Å². The lowest BCUT2D eigenvalue weighted by molar-refractivity contribution is 0.129. The predicted octanol–water partition coefficient (Wildman–Crippen LogP) is 3.88. The van der Waals surface area contributed by atoms with Crippen molar-refractivity contribution in [1.29, 1.82) is 0 Å². The van der Waals surface area contributed by atoms with Crippen molar-refractivity contribution in [3.63, 3.8) is 0 Å². The van der Waals surface area contributed by atoms with E-state index in [9.17, 15) is 0 Å². The monoisotopic (exact) mass is 535 g/mol. The third-order valence-electron chi connectivity index (χ3n) is 5.39. The average molecular weight is 536 g/mol. The van der Waals surface area contributed by atoms with Crippen molar-refractivity contribution in [3.05, 3.63) is 17.3 Å². The molecular weight excluding hydrogens is 493 g/mol. The molecule has 0 atom stereocenters. The molecule has 2 rings (SSSR count). The van der Waals surface area contributed by atoms with Crippen molar-refractivity contribution >= 4 is 29.9 Å². The molecule has 1 fully saturated rings. The minimum atomic E-state index is 0. The van der Waals surface area contributed by atoms with Gasteiger partial charge in [0.1, 0.15) is 5.76 Å². The normalized spacial score (nSPS) is 15.8. The topological polar surface area (TPSA) is 74.9 Å². The number of guanidine groups is 1. The number of rotatable bonds is 12. The lowest BCUT2D eigenvalue weighted by Crippen LogP contribution is -2.39. The standard InChI is InChI=1S/C22H41N5O2.HI/c1-5-7-14-28-15-8-11-24-22(23-6-2)25-16-20-9-12-27(13-10-20)17-21-26-18(3)19(4)29-21;/h20H,5-17H2,1-4H3,(H2,23,24,25);1H. The molecular formula is C22H42IN5O2. The van der Waals surface area contributed by atoms with Crippen molar-refractivity contribution in [2.45, 2.75) is 66.3 Å². The Morgan fingerprint density at radius 2 is 1.90 bits per heavy atom. The third kappa shape index (κ3) is 10.4. The molecule has 1 aliphatic heterocycles. The number of piperidine rings is 1. The molecule has 0 spiro atoms. The van der Waals surface area contributed by atoms with Gasteiger partial charge >= 0.3 is 0 Å². The maximum absolute atomic E-state index is 5.72. The summed E-state index contributed by atoms with van der Waals surface area (Å²) in [4.78, 5) is 11.8. The summed E-state index contributed by atoms with van der Waals surface area (Å²) in [6.07, 6.45) is 5.69. The largest absolute Gasteiger partial charge is 0.444 e. The highest BCUT2D eigenvalue weighted by Gasteiger charge is 2.20. The summed E-state index contributed by atoms with van der Waals surface area (Å²) in [5, 5.41) is 6.78. The third-order valence-corrected chi connectivity index (χ3v) is 5.39. The number of likely N-dealkylation sites (tertiary alicyclic amines) is 1. The summed E-state index contributed by atoms with van der Waals surface area (Å²) in [5.41, 5.74) is 1.00. The molecule has 1 aliphatic rings. The first-order valence-electron chi connectivity index (χ1n) is 11.4. The molecule has 174 valence electrons. The van der Waals surface area contributed by atoms with Crippen LogP contribution >= 0.6 is 24.0 Å². The van der Waals surface area contributed by atoms with Gasteiger partial charge in [0.05, 0.1) is 12.2 Å². The molecule has 1 aromatic rings. The summed E-state index contributed by atoms with van der Waals surface area (Å²) >= 11 is 0. The summed E-state index contributed by atoms with van der Waals surface area (Å²) in [7, 11) is 0. The Kier molecular flexibility index (Phi) is 14.4. The van der Waals surface area contributed by atoms with Crippen LogP contribution in [-0.4, -0.2) is 61.8 Å². The Morgan fingerprint density at radius 3 is 2.53 bits per heavy atom. The number of aryl methyl sites for hydroxylation is 2. The maximum Gasteiger partial charge on any atom is 0.208 e. The number of nitrogens with zero attached hydrogens (tertiary/aromatic N) is 3. The molecule has 2 N–H and O–H groups in total. The fourth-order valence-electron chi connectivity index (χ4n) is 3.42. The van der Waals surface area contributed by atoms with Gasteiger partial charge in [-0.25, -0.2) is 4.98 Å². The number of halogens is 1. The van der Waals surface area contributed by atoms with Crippen molar-refractivity contribution in [2.75, 3.05) is 45.9 Å². The van der Waals surface area contributed by atoms with E-state index in [1.807, 2.05) is 13.8 Å². The second-order valence-electron chi connectivity index (χ2n) is 7.93. The van der Waals surface area contributed by atoms with Crippen molar-refractivity contribution in [1.82, 2.24) is 20.5 Å². The van der Waals surface area contributed by atoms with E-state index in [1.165, 1.54) is 19.3 Å². The van der Waals surface area contributed by atoms with Crippen LogP contribution in [0.15, 0.2) is 9.41 Å². The molecule has 0 radical (unpaired) electrons. The lowest BCUT2D eigenvalue weighted by atomic mass is 9.97. The van der Waals surface area contributed by atoms with Gasteiger partial charge in [0.15, 0.2) is 5.96 Å². The molecule has 0 aromatic carbocycles. The first kappa shape index (κ1) is 27.2. The Morgan fingerprint density at radius 1 is 1.17 bits per heavy atom. The zero-order valence-electron chi connectivity index (χ0n) is 19.3. The van der Waals surface area contributed by atoms with E-state index < -0.39 is 0 Å². The minimum absolute atomic E-state index is 0. The van der Waals surface area contributed by atoms with E-state index in [4.69, 9.17) is 14.1 Å². The Hall–Kier alpha value is -0.870. The number of nitrogens with one attached hydrogen (secondary N) is 2. The summed E-state index contributed by atoms with van der Waals surface area (Å²) in [6.45, 7) is 15.6. The first-order valence-corrected chi connectivity index (χ1v) is 11.4. The quantitative estimate of drug-likeness (QED) is 0.183. The summed E-state index contributed by atoms with van der Waals surface area (Å²) in [6, 6.07) is 0. The van der Waals surface area contributed by atoms with Crippen LogP contribution in [0.4, 0.5) is 0 Å². The molecule has 0 bridgehead atoms. The van der Waals surface area contributed by atoms with Crippen LogP contribution in [0.1, 0.15) is 63.3 Å². The van der Waals surface area contributed by atoms with E-state index in [2.05, 4.69) is 34.4 Å². The number of ether oxygens (including phenoxy) is 1. The fourth-order valence-corrected chi connectivity index (χ4v) is 3.42. The van der Waals surface area contributed by atoms with Gasteiger partial charge in [-0.15, -0.1) is 24.0 Å². The second kappa shape index (κ2) is 15.9. The van der Waals surface area contributed by atoms with E-state index in [-0.39, 0.29) is 24.0 Å². The molecule has 2 heterocycles. The zero-order chi connectivity index (χ0) is 20.9. The first-order chi connectivity index (χ1) is 14.1. The Balaban J connectivity index is 0.00000450. The number of hydrogen-bond donors (Lipinski definition) is 2. The van der Waals surface area contributed by atoms with Gasteiger partial charge in [0.25, 0.3) is 0 Å². The van der Waals surface area contributed by atoms with E-state index in [0.29, 0.717) is 5.92 Å². The van der Waals surface area contributed by atoms with Gasteiger partial charge in [0, 0.05) is 32.8 Å². The Bertz CT molecular complexity index is 581. The van der Waals surface area contributed by atoms with Gasteiger partial charge in [-0.3, -0.25) is 9.89 Å². The van der Waals surface area contributed by atoms with Crippen LogP contribution in [0.2, 0.25) is 0 Å². The summed E-state index contributed by atoms with van der Waals surface area (Å²) in [5.74, 6) is 3.34. The lowest BCUT2D eigenvalue weighted by Gasteiger charge is -2.30. The van der Waals surface area contributed by atoms with Crippen molar-refractivity contribution in [3.8, 4) is 0 Å². The van der Waals surface area contributed by atoms with Gasteiger partial charge in [0.2, 0.25) is 5.89 Å². The maximum atomic E-state index is 5.72. The van der Waals surface area contributed by atoms with Gasteiger partial charge in [-0.2, -0.15) is 0 Å². The second-order valence-corrected chi connectivity index (χ2v) is 7.93. The van der Waals surface area contributed by atoms with Crippen LogP contribution in [0.5, 0.6) is 0 Å². The number of aromatic nitrogens is 1. The smallest absolute Gasteiger partial charge is 0.208 e. The van der Waals surface area contributed by atoms with Crippen molar-refractivity contribution in [2.24, 2.45) is 10.9 Å². The molecule has 0 aliphatic carbocycles. The predicted molar refractivity (Wildman–Crippen MR) is 134 cm³/mol. The highest BCUT2D eigenvalue weighted by Crippen LogP contribution is 2.20. The van der Waals surface area contributed by atoms with E-state index in [0.717, 1.165) is 88.6 Å². The number of oxazole rings is 1.